The van der Waals surface area contributed by atoms with Gasteiger partial charge in [0.05, 0.1) is 0 Å². The van der Waals surface area contributed by atoms with Crippen LogP contribution in [-0.2, 0) is 9.59 Å². The quantitative estimate of drug-likeness (QED) is 0.826. The second kappa shape index (κ2) is 5.14. The van der Waals surface area contributed by atoms with Gasteiger partial charge in [0.1, 0.15) is 11.6 Å². The Kier molecular flexibility index (Phi) is 3.88. The van der Waals surface area contributed by atoms with Crippen LogP contribution in [0.3, 0.4) is 0 Å². The lowest BCUT2D eigenvalue weighted by Crippen LogP contribution is -2.69. The molecule has 2 atom stereocenters. The number of nitrogens with one attached hydrogen (secondary N) is 1. The maximum absolute atomic E-state index is 12.7. The molecule has 0 radical (unpaired) electrons. The number of rotatable bonds is 5. The Morgan fingerprint density at radius 1 is 1.37 bits per heavy atom. The van der Waals surface area contributed by atoms with E-state index in [-0.39, 0.29) is 17.9 Å². The zero-order chi connectivity index (χ0) is 14.2. The highest BCUT2D eigenvalue weighted by molar-refractivity contribution is 5.99. The van der Waals surface area contributed by atoms with Crippen molar-refractivity contribution >= 4 is 11.8 Å². The van der Waals surface area contributed by atoms with E-state index in [1.54, 1.807) is 0 Å². The molecule has 108 valence electrons. The van der Waals surface area contributed by atoms with E-state index in [1.807, 2.05) is 18.7 Å². The van der Waals surface area contributed by atoms with Crippen LogP contribution in [0.1, 0.15) is 53.4 Å². The van der Waals surface area contributed by atoms with Crippen LogP contribution in [0.4, 0.5) is 0 Å². The van der Waals surface area contributed by atoms with E-state index in [9.17, 15) is 9.59 Å². The van der Waals surface area contributed by atoms with Crippen LogP contribution in [0.2, 0.25) is 0 Å². The smallest absolute Gasteiger partial charge is 0.248 e. The SMILES string of the molecule is CCC1(C)NC(=O)C(C2CC2)N(CCC(C)C)C1=O. The number of amides is 2. The zero-order valence-electron chi connectivity index (χ0n) is 12.5. The van der Waals surface area contributed by atoms with Crippen molar-refractivity contribution in [2.75, 3.05) is 6.54 Å². The van der Waals surface area contributed by atoms with Gasteiger partial charge in [-0.15, -0.1) is 0 Å². The van der Waals surface area contributed by atoms with E-state index >= 15 is 0 Å². The minimum Gasteiger partial charge on any atom is -0.340 e. The van der Waals surface area contributed by atoms with Crippen LogP contribution in [0.5, 0.6) is 0 Å². The topological polar surface area (TPSA) is 49.4 Å². The Hall–Kier alpha value is -1.06. The largest absolute Gasteiger partial charge is 0.340 e. The first-order valence-corrected chi connectivity index (χ1v) is 7.52. The number of hydrogen-bond donors (Lipinski definition) is 1. The van der Waals surface area contributed by atoms with E-state index in [4.69, 9.17) is 0 Å². The lowest BCUT2D eigenvalue weighted by molar-refractivity contribution is -0.155. The fraction of sp³-hybridized carbons (Fsp3) is 0.867. The van der Waals surface area contributed by atoms with Crippen molar-refractivity contribution in [2.45, 2.75) is 65.0 Å². The summed E-state index contributed by atoms with van der Waals surface area (Å²) in [6, 6.07) is -0.217. The summed E-state index contributed by atoms with van der Waals surface area (Å²) in [6.07, 6.45) is 3.76. The number of carbonyl (C=O) groups excluding carboxylic acids is 2. The summed E-state index contributed by atoms with van der Waals surface area (Å²) in [6.45, 7) is 8.81. The minimum absolute atomic E-state index is 0.0511. The first-order chi connectivity index (χ1) is 8.89. The van der Waals surface area contributed by atoms with Gasteiger partial charge in [-0.1, -0.05) is 20.8 Å². The molecule has 0 bridgehead atoms. The maximum atomic E-state index is 12.7. The lowest BCUT2D eigenvalue weighted by atomic mass is 9.90. The summed E-state index contributed by atoms with van der Waals surface area (Å²) in [4.78, 5) is 26.9. The molecule has 1 aliphatic carbocycles. The van der Waals surface area contributed by atoms with Crippen molar-refractivity contribution in [3.05, 3.63) is 0 Å². The molecule has 1 aliphatic heterocycles. The highest BCUT2D eigenvalue weighted by atomic mass is 16.2. The van der Waals surface area contributed by atoms with Crippen LogP contribution in [0, 0.1) is 11.8 Å². The van der Waals surface area contributed by atoms with Crippen LogP contribution >= 0.6 is 0 Å². The van der Waals surface area contributed by atoms with Gasteiger partial charge in [-0.25, -0.2) is 0 Å². The summed E-state index contributed by atoms with van der Waals surface area (Å²) in [5, 5.41) is 2.95. The Morgan fingerprint density at radius 3 is 2.47 bits per heavy atom. The summed E-state index contributed by atoms with van der Waals surface area (Å²) >= 11 is 0. The predicted molar refractivity (Wildman–Crippen MR) is 74.5 cm³/mol. The average Bonchev–Trinajstić information content (AvgIpc) is 3.15. The molecular formula is C15H26N2O2. The minimum atomic E-state index is -0.709. The molecule has 2 rings (SSSR count). The van der Waals surface area contributed by atoms with Gasteiger partial charge in [0, 0.05) is 6.54 Å². The fourth-order valence-corrected chi connectivity index (χ4v) is 2.74. The third-order valence-electron chi connectivity index (χ3n) is 4.46. The predicted octanol–water partition coefficient (Wildman–Crippen LogP) is 1.94. The molecule has 1 heterocycles. The van der Waals surface area contributed by atoms with E-state index in [0.29, 0.717) is 24.8 Å². The summed E-state index contributed by atoms with van der Waals surface area (Å²) in [7, 11) is 0. The zero-order valence-corrected chi connectivity index (χ0v) is 12.5. The van der Waals surface area contributed by atoms with Gasteiger partial charge in [-0.3, -0.25) is 9.59 Å². The fourth-order valence-electron chi connectivity index (χ4n) is 2.74. The summed E-state index contributed by atoms with van der Waals surface area (Å²) in [5.74, 6) is 1.09. The maximum Gasteiger partial charge on any atom is 0.248 e. The molecule has 1 N–H and O–H groups in total. The molecule has 0 aromatic carbocycles. The highest BCUT2D eigenvalue weighted by Crippen LogP contribution is 2.38. The second-order valence-corrected chi connectivity index (χ2v) is 6.64. The molecule has 2 amide bonds. The van der Waals surface area contributed by atoms with Crippen LogP contribution < -0.4 is 5.32 Å². The van der Waals surface area contributed by atoms with Gasteiger partial charge in [0.15, 0.2) is 0 Å². The van der Waals surface area contributed by atoms with Gasteiger partial charge >= 0.3 is 0 Å². The molecular weight excluding hydrogens is 240 g/mol. The molecule has 4 heteroatoms. The molecule has 4 nitrogen and oxygen atoms in total. The van der Waals surface area contributed by atoms with Crippen LogP contribution in [-0.4, -0.2) is 34.8 Å². The van der Waals surface area contributed by atoms with Crippen molar-refractivity contribution in [2.24, 2.45) is 11.8 Å². The first-order valence-electron chi connectivity index (χ1n) is 7.52. The number of piperazine rings is 1. The number of carbonyl (C=O) groups is 2. The van der Waals surface area contributed by atoms with Crippen molar-refractivity contribution in [3.8, 4) is 0 Å². The highest BCUT2D eigenvalue weighted by Gasteiger charge is 2.51. The molecule has 1 saturated carbocycles. The Labute approximate surface area is 115 Å². The van der Waals surface area contributed by atoms with Gasteiger partial charge in [-0.2, -0.15) is 0 Å². The third kappa shape index (κ3) is 2.77. The third-order valence-corrected chi connectivity index (χ3v) is 4.46. The lowest BCUT2D eigenvalue weighted by Gasteiger charge is -2.44. The van der Waals surface area contributed by atoms with Crippen LogP contribution in [0.25, 0.3) is 0 Å². The second-order valence-electron chi connectivity index (χ2n) is 6.64. The monoisotopic (exact) mass is 266 g/mol. The Balaban J connectivity index is 2.19. The molecule has 0 aromatic rings. The summed E-state index contributed by atoms with van der Waals surface area (Å²) in [5.41, 5.74) is -0.709. The Morgan fingerprint density at radius 2 is 2.00 bits per heavy atom. The van der Waals surface area contributed by atoms with Gasteiger partial charge in [0.25, 0.3) is 0 Å². The molecule has 2 unspecified atom stereocenters. The molecule has 0 spiro atoms. The van der Waals surface area contributed by atoms with Gasteiger partial charge < -0.3 is 10.2 Å². The molecule has 19 heavy (non-hydrogen) atoms. The normalized spacial score (nSPS) is 31.8. The van der Waals surface area contributed by atoms with E-state index < -0.39 is 5.54 Å². The summed E-state index contributed by atoms with van der Waals surface area (Å²) < 4.78 is 0. The van der Waals surface area contributed by atoms with Crippen molar-refractivity contribution < 1.29 is 9.59 Å². The van der Waals surface area contributed by atoms with Crippen LogP contribution in [0.15, 0.2) is 0 Å². The number of nitrogens with zero attached hydrogens (tertiary/aromatic N) is 1. The number of hydrogen-bond acceptors (Lipinski definition) is 2. The van der Waals surface area contributed by atoms with Gasteiger partial charge in [-0.05, 0) is 44.4 Å². The van der Waals surface area contributed by atoms with E-state index in [1.165, 1.54) is 0 Å². The first kappa shape index (κ1) is 14.4. The average molecular weight is 266 g/mol. The molecule has 2 aliphatic rings. The van der Waals surface area contributed by atoms with Crippen molar-refractivity contribution in [1.29, 1.82) is 0 Å². The Bertz CT molecular complexity index is 376. The molecule has 0 aromatic heterocycles. The van der Waals surface area contributed by atoms with Crippen molar-refractivity contribution in [1.82, 2.24) is 10.2 Å². The van der Waals surface area contributed by atoms with Crippen molar-refractivity contribution in [3.63, 3.8) is 0 Å². The molecule has 2 fully saturated rings. The van der Waals surface area contributed by atoms with E-state index in [2.05, 4.69) is 19.2 Å². The van der Waals surface area contributed by atoms with E-state index in [0.717, 1.165) is 19.3 Å². The molecule has 1 saturated heterocycles. The standard InChI is InChI=1S/C15H26N2O2/c1-5-15(4)14(19)17(9-8-10(2)3)12(11-6-7-11)13(18)16-15/h10-12H,5-9H2,1-4H3,(H,16,18). The van der Waals surface area contributed by atoms with Gasteiger partial charge in [0.2, 0.25) is 11.8 Å².